The van der Waals surface area contributed by atoms with E-state index in [9.17, 15) is 4.79 Å². The van der Waals surface area contributed by atoms with Crippen molar-refractivity contribution in [2.45, 2.75) is 53.1 Å². The molecule has 1 aliphatic heterocycles. The Morgan fingerprint density at radius 2 is 2.29 bits per heavy atom. The van der Waals surface area contributed by atoms with Crippen molar-refractivity contribution in [1.82, 2.24) is 20.2 Å². The van der Waals surface area contributed by atoms with Gasteiger partial charge < -0.3 is 15.2 Å². The van der Waals surface area contributed by atoms with Gasteiger partial charge in [0.25, 0.3) is 0 Å². The first-order chi connectivity index (χ1) is 9.87. The van der Waals surface area contributed by atoms with Gasteiger partial charge in [0.05, 0.1) is 17.8 Å². The molecule has 0 bridgehead atoms. The lowest BCUT2D eigenvalue weighted by atomic mass is 9.81. The fourth-order valence-corrected chi connectivity index (χ4v) is 2.85. The van der Waals surface area contributed by atoms with Crippen molar-refractivity contribution < 1.29 is 4.79 Å². The molecule has 21 heavy (non-hydrogen) atoms. The zero-order chi connectivity index (χ0) is 15.5. The van der Waals surface area contributed by atoms with Gasteiger partial charge in [-0.15, -0.1) is 0 Å². The lowest BCUT2D eigenvalue weighted by molar-refractivity contribution is -0.132. The molecule has 0 radical (unpaired) electrons. The van der Waals surface area contributed by atoms with Crippen molar-refractivity contribution in [1.29, 1.82) is 0 Å². The standard InChI is InChI=1S/C16H28N4O/c1-5-16(6-7-17-11-16)14(21)19-13(15(2,3)4)10-20-9-8-18-12-20/h8-9,12-13,17H,5-7,10-11H2,1-4H3,(H,19,21). The number of hydrogen-bond donors (Lipinski definition) is 2. The first-order valence-corrected chi connectivity index (χ1v) is 7.85. The number of nitrogens with one attached hydrogen (secondary N) is 2. The molecule has 2 unspecified atom stereocenters. The van der Waals surface area contributed by atoms with Crippen molar-refractivity contribution in [3.63, 3.8) is 0 Å². The molecule has 2 heterocycles. The van der Waals surface area contributed by atoms with E-state index in [-0.39, 0.29) is 22.8 Å². The Labute approximate surface area is 127 Å². The fourth-order valence-electron chi connectivity index (χ4n) is 2.85. The third-order valence-electron chi connectivity index (χ3n) is 4.71. The van der Waals surface area contributed by atoms with Gasteiger partial charge in [-0.05, 0) is 24.8 Å². The highest BCUT2D eigenvalue weighted by Crippen LogP contribution is 2.31. The van der Waals surface area contributed by atoms with Crippen LogP contribution in [0.25, 0.3) is 0 Å². The summed E-state index contributed by atoms with van der Waals surface area (Å²) >= 11 is 0. The lowest BCUT2D eigenvalue weighted by Gasteiger charge is -2.35. The van der Waals surface area contributed by atoms with Crippen LogP contribution in [0.1, 0.15) is 40.5 Å². The van der Waals surface area contributed by atoms with Gasteiger partial charge in [-0.2, -0.15) is 0 Å². The Bertz CT molecular complexity index is 455. The molecule has 0 aromatic carbocycles. The van der Waals surface area contributed by atoms with E-state index in [2.05, 4.69) is 43.3 Å². The van der Waals surface area contributed by atoms with E-state index in [1.165, 1.54) is 0 Å². The predicted molar refractivity (Wildman–Crippen MR) is 83.8 cm³/mol. The van der Waals surface area contributed by atoms with Crippen molar-refractivity contribution in [3.8, 4) is 0 Å². The van der Waals surface area contributed by atoms with Crippen LogP contribution in [0.4, 0.5) is 0 Å². The van der Waals surface area contributed by atoms with Gasteiger partial charge in [0.2, 0.25) is 5.91 Å². The second-order valence-electron chi connectivity index (χ2n) is 7.21. The third-order valence-corrected chi connectivity index (χ3v) is 4.71. The van der Waals surface area contributed by atoms with Crippen LogP contribution < -0.4 is 10.6 Å². The summed E-state index contributed by atoms with van der Waals surface area (Å²) in [7, 11) is 0. The average Bonchev–Trinajstić information content (AvgIpc) is 3.08. The van der Waals surface area contributed by atoms with Crippen LogP contribution >= 0.6 is 0 Å². The first kappa shape index (κ1) is 16.0. The monoisotopic (exact) mass is 292 g/mol. The van der Waals surface area contributed by atoms with E-state index < -0.39 is 0 Å². The second-order valence-corrected chi connectivity index (χ2v) is 7.21. The molecule has 118 valence electrons. The molecule has 2 rings (SSSR count). The van der Waals surface area contributed by atoms with Crippen LogP contribution in [-0.4, -0.2) is 34.6 Å². The maximum atomic E-state index is 12.8. The summed E-state index contributed by atoms with van der Waals surface area (Å²) in [5.74, 6) is 0.190. The summed E-state index contributed by atoms with van der Waals surface area (Å²) in [5.41, 5.74) is -0.237. The minimum absolute atomic E-state index is 0.000887. The molecule has 0 spiro atoms. The van der Waals surface area contributed by atoms with Gasteiger partial charge >= 0.3 is 0 Å². The van der Waals surface area contributed by atoms with Crippen LogP contribution in [0.3, 0.4) is 0 Å². The van der Waals surface area contributed by atoms with Gasteiger partial charge in [0.15, 0.2) is 0 Å². The predicted octanol–water partition coefficient (Wildman–Crippen LogP) is 1.80. The molecule has 1 saturated heterocycles. The first-order valence-electron chi connectivity index (χ1n) is 7.85. The van der Waals surface area contributed by atoms with Crippen LogP contribution in [0.15, 0.2) is 18.7 Å². The highest BCUT2D eigenvalue weighted by Gasteiger charge is 2.41. The normalized spacial score (nSPS) is 24.0. The molecule has 1 aromatic heterocycles. The largest absolute Gasteiger partial charge is 0.351 e. The van der Waals surface area contributed by atoms with E-state index in [0.717, 1.165) is 32.5 Å². The summed E-state index contributed by atoms with van der Waals surface area (Å²) in [6.07, 6.45) is 7.33. The third kappa shape index (κ3) is 3.64. The number of carbonyl (C=O) groups excluding carboxylic acids is 1. The molecule has 0 saturated carbocycles. The Kier molecular flexibility index (Phi) is 4.71. The Morgan fingerprint density at radius 3 is 2.76 bits per heavy atom. The van der Waals surface area contributed by atoms with Crippen LogP contribution in [0.2, 0.25) is 0 Å². The van der Waals surface area contributed by atoms with E-state index in [1.807, 2.05) is 10.8 Å². The molecule has 5 nitrogen and oxygen atoms in total. The number of imidazole rings is 1. The smallest absolute Gasteiger partial charge is 0.227 e. The van der Waals surface area contributed by atoms with E-state index >= 15 is 0 Å². The number of hydrogen-bond acceptors (Lipinski definition) is 3. The number of rotatable bonds is 5. The zero-order valence-electron chi connectivity index (χ0n) is 13.6. The Morgan fingerprint density at radius 1 is 1.52 bits per heavy atom. The maximum absolute atomic E-state index is 12.8. The van der Waals surface area contributed by atoms with Crippen molar-refractivity contribution in [3.05, 3.63) is 18.7 Å². The van der Waals surface area contributed by atoms with Gasteiger partial charge in [0, 0.05) is 25.5 Å². The molecular formula is C16H28N4O. The fraction of sp³-hybridized carbons (Fsp3) is 0.750. The molecule has 2 atom stereocenters. The average molecular weight is 292 g/mol. The topological polar surface area (TPSA) is 59.0 Å². The molecule has 0 aliphatic carbocycles. The van der Waals surface area contributed by atoms with Crippen LogP contribution in [0, 0.1) is 10.8 Å². The Balaban J connectivity index is 2.09. The summed E-state index contributed by atoms with van der Waals surface area (Å²) in [5, 5.41) is 6.63. The minimum atomic E-state index is -0.238. The summed E-state index contributed by atoms with van der Waals surface area (Å²) in [4.78, 5) is 16.9. The number of aromatic nitrogens is 2. The quantitative estimate of drug-likeness (QED) is 0.870. The highest BCUT2D eigenvalue weighted by molar-refractivity contribution is 5.83. The van der Waals surface area contributed by atoms with Crippen LogP contribution in [-0.2, 0) is 11.3 Å². The lowest BCUT2D eigenvalue weighted by Crippen LogP contribution is -2.52. The van der Waals surface area contributed by atoms with Gasteiger partial charge in [0.1, 0.15) is 0 Å². The van der Waals surface area contributed by atoms with Crippen molar-refractivity contribution >= 4 is 5.91 Å². The summed E-state index contributed by atoms with van der Waals surface area (Å²) in [6, 6.07) is 0.0863. The molecule has 1 aromatic rings. The number of carbonyl (C=O) groups is 1. The minimum Gasteiger partial charge on any atom is -0.351 e. The Hall–Kier alpha value is -1.36. The number of nitrogens with zero attached hydrogens (tertiary/aromatic N) is 2. The zero-order valence-corrected chi connectivity index (χ0v) is 13.6. The van der Waals surface area contributed by atoms with Gasteiger partial charge in [-0.25, -0.2) is 4.98 Å². The van der Waals surface area contributed by atoms with Gasteiger partial charge in [-0.1, -0.05) is 27.7 Å². The summed E-state index contributed by atoms with van der Waals surface area (Å²) in [6.45, 7) is 11.1. The van der Waals surface area contributed by atoms with E-state index in [4.69, 9.17) is 0 Å². The van der Waals surface area contributed by atoms with Gasteiger partial charge in [-0.3, -0.25) is 4.79 Å². The van der Waals surface area contributed by atoms with Crippen molar-refractivity contribution in [2.24, 2.45) is 10.8 Å². The van der Waals surface area contributed by atoms with E-state index in [0.29, 0.717) is 0 Å². The molecule has 1 fully saturated rings. The molecule has 5 heteroatoms. The molecule has 1 aliphatic rings. The SMILES string of the molecule is CCC1(C(=O)NC(Cn2ccnc2)C(C)(C)C)CCNC1. The maximum Gasteiger partial charge on any atom is 0.227 e. The summed E-state index contributed by atoms with van der Waals surface area (Å²) < 4.78 is 2.03. The second kappa shape index (κ2) is 6.18. The van der Waals surface area contributed by atoms with E-state index in [1.54, 1.807) is 12.5 Å². The van der Waals surface area contributed by atoms with Crippen molar-refractivity contribution in [2.75, 3.05) is 13.1 Å². The number of amides is 1. The van der Waals surface area contributed by atoms with Crippen LogP contribution in [0.5, 0.6) is 0 Å². The molecule has 1 amide bonds. The molecular weight excluding hydrogens is 264 g/mol. The molecule has 2 N–H and O–H groups in total. The highest BCUT2D eigenvalue weighted by atomic mass is 16.2.